The van der Waals surface area contributed by atoms with Gasteiger partial charge in [0.2, 0.25) is 11.9 Å². The number of nitrogens with zero attached hydrogens (tertiary/aromatic N) is 4. The summed E-state index contributed by atoms with van der Waals surface area (Å²) in [7, 11) is 0. The number of hydrogen-bond acceptors (Lipinski definition) is 6. The van der Waals surface area contributed by atoms with Crippen molar-refractivity contribution in [3.8, 4) is 0 Å². The summed E-state index contributed by atoms with van der Waals surface area (Å²) in [5.41, 5.74) is 2.06. The first-order valence-electron chi connectivity index (χ1n) is 8.48. The van der Waals surface area contributed by atoms with E-state index in [9.17, 15) is 9.90 Å². The first-order chi connectivity index (χ1) is 12.0. The molecule has 1 aliphatic rings. The van der Waals surface area contributed by atoms with Crippen molar-refractivity contribution >= 4 is 11.9 Å². The van der Waals surface area contributed by atoms with E-state index in [1.807, 2.05) is 18.7 Å². The van der Waals surface area contributed by atoms with Crippen LogP contribution in [0.25, 0.3) is 0 Å². The van der Waals surface area contributed by atoms with Crippen LogP contribution in [0.3, 0.4) is 0 Å². The summed E-state index contributed by atoms with van der Waals surface area (Å²) in [6, 6.07) is 1.76. The van der Waals surface area contributed by atoms with Gasteiger partial charge in [-0.3, -0.25) is 9.89 Å². The van der Waals surface area contributed by atoms with Crippen LogP contribution in [0.2, 0.25) is 0 Å². The molecule has 3 rings (SSSR count). The lowest BCUT2D eigenvalue weighted by atomic mass is 10.0. The molecule has 0 radical (unpaired) electrons. The minimum absolute atomic E-state index is 0.0668. The Morgan fingerprint density at radius 2 is 2.16 bits per heavy atom. The second-order valence-electron chi connectivity index (χ2n) is 6.63. The first kappa shape index (κ1) is 17.3. The lowest BCUT2D eigenvalue weighted by Crippen LogP contribution is -2.45. The van der Waals surface area contributed by atoms with Crippen molar-refractivity contribution in [1.29, 1.82) is 0 Å². The van der Waals surface area contributed by atoms with Gasteiger partial charge in [-0.15, -0.1) is 0 Å². The third-order valence-corrected chi connectivity index (χ3v) is 4.66. The number of amides is 1. The van der Waals surface area contributed by atoms with E-state index < -0.39 is 5.60 Å². The number of aromatic nitrogens is 4. The van der Waals surface area contributed by atoms with Crippen molar-refractivity contribution in [2.75, 3.05) is 24.5 Å². The first-order valence-corrected chi connectivity index (χ1v) is 8.48. The summed E-state index contributed by atoms with van der Waals surface area (Å²) in [5.74, 6) is 0.540. The van der Waals surface area contributed by atoms with Gasteiger partial charge in [0.05, 0.1) is 12.2 Å². The Morgan fingerprint density at radius 3 is 2.84 bits per heavy atom. The normalized spacial score (nSPS) is 20.0. The minimum Gasteiger partial charge on any atom is -0.386 e. The number of hydrogen-bond donors (Lipinski definition) is 3. The van der Waals surface area contributed by atoms with Crippen molar-refractivity contribution in [3.05, 3.63) is 35.4 Å². The van der Waals surface area contributed by atoms with Crippen LogP contribution in [0.5, 0.6) is 0 Å². The van der Waals surface area contributed by atoms with E-state index in [0.29, 0.717) is 38.3 Å². The number of anilines is 1. The van der Waals surface area contributed by atoms with Crippen molar-refractivity contribution in [2.24, 2.45) is 0 Å². The highest BCUT2D eigenvalue weighted by Crippen LogP contribution is 2.23. The number of carbonyl (C=O) groups is 1. The van der Waals surface area contributed by atoms with Gasteiger partial charge in [0.25, 0.3) is 0 Å². The van der Waals surface area contributed by atoms with Gasteiger partial charge in [-0.05, 0) is 38.3 Å². The average Bonchev–Trinajstić information content (AvgIpc) is 3.16. The number of aryl methyl sites for hydroxylation is 2. The third-order valence-electron chi connectivity index (χ3n) is 4.66. The Morgan fingerprint density at radius 1 is 1.40 bits per heavy atom. The Labute approximate surface area is 146 Å². The van der Waals surface area contributed by atoms with Gasteiger partial charge >= 0.3 is 0 Å². The lowest BCUT2D eigenvalue weighted by molar-refractivity contribution is -0.122. The highest BCUT2D eigenvalue weighted by Gasteiger charge is 2.37. The fourth-order valence-corrected chi connectivity index (χ4v) is 3.16. The second-order valence-corrected chi connectivity index (χ2v) is 6.63. The average molecular weight is 344 g/mol. The van der Waals surface area contributed by atoms with E-state index >= 15 is 0 Å². The summed E-state index contributed by atoms with van der Waals surface area (Å²) in [4.78, 5) is 22.5. The highest BCUT2D eigenvalue weighted by atomic mass is 16.3. The molecular formula is C17H24N6O2. The summed E-state index contributed by atoms with van der Waals surface area (Å²) >= 11 is 0. The van der Waals surface area contributed by atoms with Gasteiger partial charge in [0, 0.05) is 37.6 Å². The number of aromatic amines is 1. The zero-order chi connectivity index (χ0) is 17.9. The molecular weight excluding hydrogens is 320 g/mol. The third kappa shape index (κ3) is 4.14. The molecule has 0 saturated carbocycles. The van der Waals surface area contributed by atoms with Crippen LogP contribution in [0.15, 0.2) is 18.5 Å². The Hall–Kier alpha value is -2.48. The number of nitrogens with one attached hydrogen (secondary N) is 2. The Kier molecular flexibility index (Phi) is 4.98. The zero-order valence-corrected chi connectivity index (χ0v) is 14.6. The molecule has 0 bridgehead atoms. The quantitative estimate of drug-likeness (QED) is 0.705. The molecule has 1 fully saturated rings. The molecule has 8 nitrogen and oxygen atoms in total. The predicted molar refractivity (Wildman–Crippen MR) is 93.2 cm³/mol. The maximum atomic E-state index is 12.1. The van der Waals surface area contributed by atoms with E-state index in [-0.39, 0.29) is 12.5 Å². The van der Waals surface area contributed by atoms with Gasteiger partial charge in [-0.25, -0.2) is 9.97 Å². The molecule has 8 heteroatoms. The van der Waals surface area contributed by atoms with Crippen molar-refractivity contribution in [2.45, 2.75) is 38.7 Å². The summed E-state index contributed by atoms with van der Waals surface area (Å²) in [6.45, 7) is 5.20. The molecule has 1 atom stereocenters. The maximum Gasteiger partial charge on any atom is 0.225 e. The fraction of sp³-hybridized carbons (Fsp3) is 0.529. The highest BCUT2D eigenvalue weighted by molar-refractivity contribution is 5.76. The van der Waals surface area contributed by atoms with E-state index in [2.05, 4.69) is 25.5 Å². The zero-order valence-electron chi connectivity index (χ0n) is 14.6. The number of rotatable bonds is 6. The van der Waals surface area contributed by atoms with Crippen molar-refractivity contribution in [1.82, 2.24) is 25.5 Å². The van der Waals surface area contributed by atoms with Gasteiger partial charge in [0.15, 0.2) is 0 Å². The monoisotopic (exact) mass is 344 g/mol. The summed E-state index contributed by atoms with van der Waals surface area (Å²) in [5, 5.41) is 20.6. The Bertz CT molecular complexity index is 712. The predicted octanol–water partition coefficient (Wildman–Crippen LogP) is 0.507. The molecule has 0 aliphatic carbocycles. The van der Waals surface area contributed by atoms with E-state index in [0.717, 1.165) is 17.0 Å². The van der Waals surface area contributed by atoms with E-state index in [4.69, 9.17) is 0 Å². The Balaban J connectivity index is 1.47. The van der Waals surface area contributed by atoms with Crippen LogP contribution in [-0.2, 0) is 11.2 Å². The summed E-state index contributed by atoms with van der Waals surface area (Å²) in [6.07, 6.45) is 4.96. The molecule has 2 aromatic heterocycles. The van der Waals surface area contributed by atoms with Gasteiger partial charge in [-0.2, -0.15) is 5.10 Å². The molecule has 1 amide bonds. The van der Waals surface area contributed by atoms with Crippen LogP contribution in [0.4, 0.5) is 5.95 Å². The van der Waals surface area contributed by atoms with Crippen LogP contribution in [0.1, 0.15) is 29.8 Å². The molecule has 1 saturated heterocycles. The van der Waals surface area contributed by atoms with E-state index in [1.54, 1.807) is 18.5 Å². The molecule has 1 aliphatic heterocycles. The fourth-order valence-electron chi connectivity index (χ4n) is 3.16. The number of carbonyl (C=O) groups excluding carboxylic acids is 1. The van der Waals surface area contributed by atoms with Crippen LogP contribution < -0.4 is 10.2 Å². The molecule has 0 aromatic carbocycles. The number of β-amino-alcohol motifs (C(OH)–C–C–N with tert-alkyl or cyclic N) is 1. The van der Waals surface area contributed by atoms with Crippen LogP contribution in [0, 0.1) is 13.8 Å². The van der Waals surface area contributed by atoms with Gasteiger partial charge < -0.3 is 15.3 Å². The van der Waals surface area contributed by atoms with Crippen molar-refractivity contribution < 1.29 is 9.90 Å². The molecule has 2 aromatic rings. The molecule has 134 valence electrons. The molecule has 0 unspecified atom stereocenters. The summed E-state index contributed by atoms with van der Waals surface area (Å²) < 4.78 is 0. The molecule has 3 heterocycles. The van der Waals surface area contributed by atoms with Gasteiger partial charge in [0.1, 0.15) is 5.60 Å². The van der Waals surface area contributed by atoms with Crippen molar-refractivity contribution in [3.63, 3.8) is 0 Å². The number of H-pyrrole nitrogens is 1. The largest absolute Gasteiger partial charge is 0.386 e. The second kappa shape index (κ2) is 7.18. The lowest BCUT2D eigenvalue weighted by Gasteiger charge is -2.23. The molecule has 3 N–H and O–H groups in total. The van der Waals surface area contributed by atoms with E-state index in [1.165, 1.54) is 0 Å². The van der Waals surface area contributed by atoms with Crippen LogP contribution in [-0.4, -0.2) is 56.4 Å². The number of aliphatic hydroxyl groups is 1. The topological polar surface area (TPSA) is 107 Å². The molecule has 0 spiro atoms. The minimum atomic E-state index is -0.948. The maximum absolute atomic E-state index is 12.1. The standard InChI is InChI=1S/C17H24N6O2/c1-12-14(13(2)22-21-12)4-5-15(24)20-10-17(25)6-9-23(11-17)16-18-7-3-8-19-16/h3,7-8,25H,4-6,9-11H2,1-2H3,(H,20,24)(H,21,22)/t17-/m1/s1. The van der Waals surface area contributed by atoms with Crippen LogP contribution >= 0.6 is 0 Å². The smallest absolute Gasteiger partial charge is 0.225 e. The van der Waals surface area contributed by atoms with Gasteiger partial charge in [-0.1, -0.05) is 0 Å². The molecule has 25 heavy (non-hydrogen) atoms. The SMILES string of the molecule is Cc1n[nH]c(C)c1CCC(=O)NC[C@]1(O)CCN(c2ncccn2)C1.